The van der Waals surface area contributed by atoms with E-state index in [2.05, 4.69) is 5.32 Å². The van der Waals surface area contributed by atoms with E-state index < -0.39 is 12.0 Å². The molecule has 0 radical (unpaired) electrons. The fourth-order valence-corrected chi connectivity index (χ4v) is 3.38. The SMILES string of the molecule is CCCCOC(=O)COc1ccccc1C(=O)N[C@H](CC(C)C)C(=O)N1CCCC1. The highest BCUT2D eigenvalue weighted by Crippen LogP contribution is 2.20. The van der Waals surface area contributed by atoms with Crippen LogP contribution in [-0.4, -0.2) is 55.0 Å². The lowest BCUT2D eigenvalue weighted by Gasteiger charge is -2.25. The average molecular weight is 419 g/mol. The molecule has 7 heteroatoms. The number of carbonyl (C=O) groups excluding carboxylic acids is 3. The van der Waals surface area contributed by atoms with E-state index >= 15 is 0 Å². The van der Waals surface area contributed by atoms with Gasteiger partial charge in [-0.15, -0.1) is 0 Å². The Bertz CT molecular complexity index is 713. The lowest BCUT2D eigenvalue weighted by Crippen LogP contribution is -2.48. The average Bonchev–Trinajstić information content (AvgIpc) is 3.26. The van der Waals surface area contributed by atoms with Gasteiger partial charge >= 0.3 is 5.97 Å². The van der Waals surface area contributed by atoms with E-state index in [1.54, 1.807) is 24.3 Å². The Morgan fingerprint density at radius 1 is 1.13 bits per heavy atom. The van der Waals surface area contributed by atoms with Gasteiger partial charge in [0, 0.05) is 13.1 Å². The van der Waals surface area contributed by atoms with E-state index in [-0.39, 0.29) is 24.3 Å². The highest BCUT2D eigenvalue weighted by molar-refractivity contribution is 5.99. The Balaban J connectivity index is 2.03. The molecule has 1 aromatic rings. The summed E-state index contributed by atoms with van der Waals surface area (Å²) in [5.41, 5.74) is 0.293. The zero-order valence-electron chi connectivity index (χ0n) is 18.3. The molecular formula is C23H34N2O5. The lowest BCUT2D eigenvalue weighted by atomic mass is 10.0. The van der Waals surface area contributed by atoms with Crippen LogP contribution in [0, 0.1) is 5.92 Å². The molecule has 1 aromatic carbocycles. The number of benzene rings is 1. The number of carbonyl (C=O) groups is 3. The molecular weight excluding hydrogens is 384 g/mol. The molecule has 30 heavy (non-hydrogen) atoms. The number of ether oxygens (including phenoxy) is 2. The Morgan fingerprint density at radius 3 is 2.50 bits per heavy atom. The number of hydrogen-bond acceptors (Lipinski definition) is 5. The summed E-state index contributed by atoms with van der Waals surface area (Å²) in [5.74, 6) is -0.346. The number of nitrogens with one attached hydrogen (secondary N) is 1. The molecule has 166 valence electrons. The molecule has 1 atom stereocenters. The third kappa shape index (κ3) is 7.35. The summed E-state index contributed by atoms with van der Waals surface area (Å²) in [5, 5.41) is 2.88. The van der Waals surface area contributed by atoms with Crippen molar-refractivity contribution in [1.29, 1.82) is 0 Å². The third-order valence-corrected chi connectivity index (χ3v) is 4.97. The molecule has 0 aliphatic carbocycles. The van der Waals surface area contributed by atoms with Crippen LogP contribution in [0.1, 0.15) is 63.2 Å². The Hall–Kier alpha value is -2.57. The number of hydrogen-bond donors (Lipinski definition) is 1. The van der Waals surface area contributed by atoms with Crippen molar-refractivity contribution in [2.45, 2.75) is 58.9 Å². The van der Waals surface area contributed by atoms with Crippen LogP contribution in [0.5, 0.6) is 5.75 Å². The maximum absolute atomic E-state index is 13.0. The largest absolute Gasteiger partial charge is 0.481 e. The van der Waals surface area contributed by atoms with Gasteiger partial charge in [0.1, 0.15) is 11.8 Å². The third-order valence-electron chi connectivity index (χ3n) is 4.97. The van der Waals surface area contributed by atoms with Crippen LogP contribution in [0.25, 0.3) is 0 Å². The summed E-state index contributed by atoms with van der Waals surface area (Å²) in [6.07, 6.45) is 4.30. The number of amides is 2. The molecule has 0 aromatic heterocycles. The molecule has 0 saturated carbocycles. The van der Waals surface area contributed by atoms with Gasteiger partial charge in [-0.1, -0.05) is 39.3 Å². The second-order valence-electron chi connectivity index (χ2n) is 8.05. The summed E-state index contributed by atoms with van der Waals surface area (Å²) in [4.78, 5) is 39.5. The topological polar surface area (TPSA) is 84.9 Å². The molecule has 0 bridgehead atoms. The summed E-state index contributed by atoms with van der Waals surface area (Å²) in [7, 11) is 0. The molecule has 0 spiro atoms. The van der Waals surface area contributed by atoms with Crippen LogP contribution in [0.15, 0.2) is 24.3 Å². The van der Waals surface area contributed by atoms with Crippen LogP contribution < -0.4 is 10.1 Å². The first kappa shape index (κ1) is 23.7. The van der Waals surface area contributed by atoms with E-state index in [0.717, 1.165) is 38.8 Å². The molecule has 1 saturated heterocycles. The minimum absolute atomic E-state index is 0.0348. The van der Waals surface area contributed by atoms with Gasteiger partial charge in [0.25, 0.3) is 5.91 Å². The number of likely N-dealkylation sites (tertiary alicyclic amines) is 1. The lowest BCUT2D eigenvalue weighted by molar-refractivity contribution is -0.146. The molecule has 1 aliphatic heterocycles. The van der Waals surface area contributed by atoms with Crippen molar-refractivity contribution in [2.24, 2.45) is 5.92 Å². The molecule has 0 unspecified atom stereocenters. The maximum atomic E-state index is 13.0. The van der Waals surface area contributed by atoms with Gasteiger partial charge < -0.3 is 19.7 Å². The standard InChI is InChI=1S/C23H34N2O5/c1-4-5-14-29-21(26)16-30-20-11-7-6-10-18(20)22(27)24-19(15-17(2)3)23(28)25-12-8-9-13-25/h6-7,10-11,17,19H,4-5,8-9,12-16H2,1-3H3,(H,24,27)/t19-/m1/s1. The summed E-state index contributed by atoms with van der Waals surface area (Å²) in [6, 6.07) is 6.13. The number of esters is 1. The van der Waals surface area contributed by atoms with Gasteiger partial charge in [-0.3, -0.25) is 9.59 Å². The minimum atomic E-state index is -0.581. The van der Waals surface area contributed by atoms with Crippen molar-refractivity contribution in [3.05, 3.63) is 29.8 Å². The fraction of sp³-hybridized carbons (Fsp3) is 0.609. The van der Waals surface area contributed by atoms with Crippen LogP contribution in [0.2, 0.25) is 0 Å². The minimum Gasteiger partial charge on any atom is -0.481 e. The second kappa shape index (κ2) is 12.2. The normalized spacial score (nSPS) is 14.5. The highest BCUT2D eigenvalue weighted by Gasteiger charge is 2.29. The zero-order valence-corrected chi connectivity index (χ0v) is 18.3. The number of rotatable bonds is 11. The predicted octanol–water partition coefficient (Wildman–Crippen LogP) is 3.18. The van der Waals surface area contributed by atoms with Gasteiger partial charge in [0.05, 0.1) is 12.2 Å². The Labute approximate surface area is 179 Å². The monoisotopic (exact) mass is 418 g/mol. The van der Waals surface area contributed by atoms with E-state index in [1.807, 2.05) is 25.7 Å². The van der Waals surface area contributed by atoms with Crippen molar-refractivity contribution >= 4 is 17.8 Å². The summed E-state index contributed by atoms with van der Waals surface area (Å²) >= 11 is 0. The maximum Gasteiger partial charge on any atom is 0.344 e. The van der Waals surface area contributed by atoms with E-state index in [1.165, 1.54) is 0 Å². The molecule has 7 nitrogen and oxygen atoms in total. The molecule has 1 fully saturated rings. The van der Waals surface area contributed by atoms with Crippen molar-refractivity contribution in [1.82, 2.24) is 10.2 Å². The van der Waals surface area contributed by atoms with Crippen LogP contribution in [0.3, 0.4) is 0 Å². The van der Waals surface area contributed by atoms with Gasteiger partial charge in [0.2, 0.25) is 5.91 Å². The van der Waals surface area contributed by atoms with E-state index in [9.17, 15) is 14.4 Å². The van der Waals surface area contributed by atoms with Crippen LogP contribution in [-0.2, 0) is 14.3 Å². The molecule has 2 rings (SSSR count). The Kier molecular flexibility index (Phi) is 9.64. The molecule has 1 heterocycles. The molecule has 1 aliphatic rings. The van der Waals surface area contributed by atoms with Crippen molar-refractivity contribution < 1.29 is 23.9 Å². The highest BCUT2D eigenvalue weighted by atomic mass is 16.6. The molecule has 1 N–H and O–H groups in total. The van der Waals surface area contributed by atoms with Gasteiger partial charge in [-0.2, -0.15) is 0 Å². The summed E-state index contributed by atoms with van der Waals surface area (Å²) in [6.45, 7) is 7.63. The Morgan fingerprint density at radius 2 is 1.83 bits per heavy atom. The van der Waals surface area contributed by atoms with Gasteiger partial charge in [-0.25, -0.2) is 4.79 Å². The van der Waals surface area contributed by atoms with E-state index in [0.29, 0.717) is 24.3 Å². The smallest absolute Gasteiger partial charge is 0.344 e. The second-order valence-corrected chi connectivity index (χ2v) is 8.05. The molecule has 2 amide bonds. The first-order chi connectivity index (χ1) is 14.4. The first-order valence-electron chi connectivity index (χ1n) is 10.9. The predicted molar refractivity (Wildman–Crippen MR) is 114 cm³/mol. The van der Waals surface area contributed by atoms with Gasteiger partial charge in [-0.05, 0) is 43.7 Å². The fourth-order valence-electron chi connectivity index (χ4n) is 3.38. The number of para-hydroxylation sites is 1. The van der Waals surface area contributed by atoms with Crippen LogP contribution in [0.4, 0.5) is 0 Å². The first-order valence-corrected chi connectivity index (χ1v) is 10.9. The number of nitrogens with zero attached hydrogens (tertiary/aromatic N) is 1. The van der Waals surface area contributed by atoms with E-state index in [4.69, 9.17) is 9.47 Å². The quantitative estimate of drug-likeness (QED) is 0.441. The summed E-state index contributed by atoms with van der Waals surface area (Å²) < 4.78 is 10.6. The van der Waals surface area contributed by atoms with Crippen molar-refractivity contribution in [3.8, 4) is 5.75 Å². The number of unbranched alkanes of at least 4 members (excludes halogenated alkanes) is 1. The van der Waals surface area contributed by atoms with Crippen LogP contribution >= 0.6 is 0 Å². The van der Waals surface area contributed by atoms with Crippen molar-refractivity contribution in [3.63, 3.8) is 0 Å². The zero-order chi connectivity index (χ0) is 21.9. The van der Waals surface area contributed by atoms with Gasteiger partial charge in [0.15, 0.2) is 6.61 Å². The van der Waals surface area contributed by atoms with Crippen molar-refractivity contribution in [2.75, 3.05) is 26.3 Å².